The lowest BCUT2D eigenvalue weighted by molar-refractivity contribution is 0.496. The number of hydrogen-bond acceptors (Lipinski definition) is 1. The lowest BCUT2D eigenvalue weighted by Gasteiger charge is -2.19. The average molecular weight is 297 g/mol. The zero-order valence-electron chi connectivity index (χ0n) is 11.5. The van der Waals surface area contributed by atoms with Crippen LogP contribution >= 0.6 is 0 Å². The maximum absolute atomic E-state index is 13.3. The Morgan fingerprint density at radius 1 is 0.905 bits per heavy atom. The molecule has 21 heavy (non-hydrogen) atoms. The molecule has 1 N–H and O–H groups in total. The Morgan fingerprint density at radius 3 is 2.14 bits per heavy atom. The highest BCUT2D eigenvalue weighted by atomic mass is 19.2. The van der Waals surface area contributed by atoms with Crippen molar-refractivity contribution in [2.24, 2.45) is 0 Å². The van der Waals surface area contributed by atoms with Crippen LogP contribution in [0.2, 0.25) is 0 Å². The van der Waals surface area contributed by atoms with E-state index >= 15 is 0 Å². The summed E-state index contributed by atoms with van der Waals surface area (Å²) in [6, 6.07) is 6.50. The molecule has 0 fully saturated rings. The van der Waals surface area contributed by atoms with Gasteiger partial charge in [0.2, 0.25) is 0 Å². The fourth-order valence-corrected chi connectivity index (χ4v) is 2.25. The normalized spacial score (nSPS) is 12.4. The molecule has 1 atom stereocenters. The van der Waals surface area contributed by atoms with Crippen molar-refractivity contribution < 1.29 is 17.6 Å². The molecule has 5 heteroatoms. The summed E-state index contributed by atoms with van der Waals surface area (Å²) in [5.41, 5.74) is 0.976. The quantitative estimate of drug-likeness (QED) is 0.818. The van der Waals surface area contributed by atoms with Crippen LogP contribution in [0.15, 0.2) is 36.4 Å². The molecule has 0 aliphatic carbocycles. The molecule has 0 amide bonds. The first kappa shape index (κ1) is 15.5. The van der Waals surface area contributed by atoms with E-state index in [4.69, 9.17) is 0 Å². The zero-order valence-corrected chi connectivity index (χ0v) is 11.5. The third kappa shape index (κ3) is 4.04. The van der Waals surface area contributed by atoms with Crippen LogP contribution in [0.3, 0.4) is 0 Å². The van der Waals surface area contributed by atoms with Crippen LogP contribution in [0.5, 0.6) is 0 Å². The highest BCUT2D eigenvalue weighted by Gasteiger charge is 2.14. The van der Waals surface area contributed by atoms with Gasteiger partial charge in [0, 0.05) is 12.1 Å². The van der Waals surface area contributed by atoms with Crippen LogP contribution in [0.4, 0.5) is 17.6 Å². The number of hydrogen-bond donors (Lipinski definition) is 1. The molecule has 0 bridgehead atoms. The van der Waals surface area contributed by atoms with Crippen molar-refractivity contribution >= 4 is 0 Å². The first-order valence-electron chi connectivity index (χ1n) is 6.63. The number of nitrogens with one attached hydrogen (secondary N) is 1. The molecule has 0 spiro atoms. The van der Waals surface area contributed by atoms with E-state index in [0.717, 1.165) is 18.2 Å². The average Bonchev–Trinajstić information content (AvgIpc) is 2.40. The van der Waals surface area contributed by atoms with Crippen LogP contribution in [0.1, 0.15) is 24.1 Å². The van der Waals surface area contributed by atoms with Gasteiger partial charge in [0.05, 0.1) is 0 Å². The van der Waals surface area contributed by atoms with Gasteiger partial charge < -0.3 is 5.32 Å². The zero-order chi connectivity index (χ0) is 15.4. The molecule has 0 saturated heterocycles. The van der Waals surface area contributed by atoms with Crippen molar-refractivity contribution in [2.45, 2.75) is 19.4 Å². The van der Waals surface area contributed by atoms with Gasteiger partial charge in [-0.2, -0.15) is 0 Å². The van der Waals surface area contributed by atoms with Gasteiger partial charge in [-0.25, -0.2) is 17.6 Å². The Kier molecular flexibility index (Phi) is 4.96. The van der Waals surface area contributed by atoms with Gasteiger partial charge in [-0.3, -0.25) is 0 Å². The van der Waals surface area contributed by atoms with Gasteiger partial charge in [0.25, 0.3) is 0 Å². The first-order valence-corrected chi connectivity index (χ1v) is 6.63. The summed E-state index contributed by atoms with van der Waals surface area (Å²) in [6.07, 6.45) is 0.271. The standard InChI is InChI=1S/C16H15F4N/c1-2-21-16(11-3-4-14(19)15(20)8-11)7-10-5-12(17)9-13(18)6-10/h3-6,8-9,16,21H,2,7H2,1H3. The van der Waals surface area contributed by atoms with Gasteiger partial charge in [0.1, 0.15) is 11.6 Å². The Labute approximate surface area is 120 Å². The summed E-state index contributed by atoms with van der Waals surface area (Å²) >= 11 is 0. The molecular weight excluding hydrogens is 282 g/mol. The lowest BCUT2D eigenvalue weighted by atomic mass is 9.98. The minimum absolute atomic E-state index is 0.271. The van der Waals surface area contributed by atoms with Crippen LogP contribution in [-0.2, 0) is 6.42 Å². The third-order valence-corrected chi connectivity index (χ3v) is 3.16. The van der Waals surface area contributed by atoms with E-state index in [-0.39, 0.29) is 12.5 Å². The second-order valence-corrected chi connectivity index (χ2v) is 4.77. The predicted molar refractivity (Wildman–Crippen MR) is 72.8 cm³/mol. The molecule has 112 valence electrons. The molecule has 2 aromatic carbocycles. The van der Waals surface area contributed by atoms with E-state index in [1.165, 1.54) is 18.2 Å². The molecule has 1 unspecified atom stereocenters. The fourth-order valence-electron chi connectivity index (χ4n) is 2.25. The van der Waals surface area contributed by atoms with Crippen LogP contribution in [0.25, 0.3) is 0 Å². The molecule has 0 aromatic heterocycles. The highest BCUT2D eigenvalue weighted by Crippen LogP contribution is 2.21. The Hall–Kier alpha value is -1.88. The van der Waals surface area contributed by atoms with Gasteiger partial charge in [0.15, 0.2) is 11.6 Å². The Morgan fingerprint density at radius 2 is 1.57 bits per heavy atom. The van der Waals surface area contributed by atoms with Crippen LogP contribution < -0.4 is 5.32 Å². The van der Waals surface area contributed by atoms with Crippen molar-refractivity contribution in [1.29, 1.82) is 0 Å². The SMILES string of the molecule is CCNC(Cc1cc(F)cc(F)c1)c1ccc(F)c(F)c1. The summed E-state index contributed by atoms with van der Waals surface area (Å²) in [5.74, 6) is -3.19. The summed E-state index contributed by atoms with van der Waals surface area (Å²) in [5, 5.41) is 3.10. The van der Waals surface area contributed by atoms with E-state index in [1.54, 1.807) is 0 Å². The van der Waals surface area contributed by atoms with Gasteiger partial charge in [-0.15, -0.1) is 0 Å². The monoisotopic (exact) mass is 297 g/mol. The molecule has 2 rings (SSSR count). The molecule has 0 aliphatic rings. The van der Waals surface area contributed by atoms with Crippen molar-refractivity contribution in [1.82, 2.24) is 5.32 Å². The molecule has 2 aromatic rings. The largest absolute Gasteiger partial charge is 0.310 e. The van der Waals surface area contributed by atoms with Gasteiger partial charge in [-0.1, -0.05) is 13.0 Å². The molecule has 1 nitrogen and oxygen atoms in total. The van der Waals surface area contributed by atoms with E-state index in [0.29, 0.717) is 17.7 Å². The molecule has 0 aliphatic heterocycles. The molecule has 0 saturated carbocycles. The Balaban J connectivity index is 2.27. The summed E-state index contributed by atoms with van der Waals surface area (Å²) in [4.78, 5) is 0. The van der Waals surface area contributed by atoms with Gasteiger partial charge in [-0.05, 0) is 48.4 Å². The summed E-state index contributed by atoms with van der Waals surface area (Å²) in [6.45, 7) is 2.44. The fraction of sp³-hybridized carbons (Fsp3) is 0.250. The van der Waals surface area contributed by atoms with Crippen LogP contribution in [0, 0.1) is 23.3 Å². The second kappa shape index (κ2) is 6.72. The summed E-state index contributed by atoms with van der Waals surface area (Å²) in [7, 11) is 0. The maximum Gasteiger partial charge on any atom is 0.159 e. The maximum atomic E-state index is 13.3. The number of benzene rings is 2. The minimum Gasteiger partial charge on any atom is -0.310 e. The predicted octanol–water partition coefficient (Wildman–Crippen LogP) is 4.14. The molecule has 0 radical (unpaired) electrons. The lowest BCUT2D eigenvalue weighted by Crippen LogP contribution is -2.23. The van der Waals surface area contributed by atoms with E-state index < -0.39 is 23.3 Å². The number of likely N-dealkylation sites (N-methyl/N-ethyl adjacent to an activating group) is 1. The molecule has 0 heterocycles. The Bertz CT molecular complexity index is 607. The topological polar surface area (TPSA) is 12.0 Å². The van der Waals surface area contributed by atoms with Gasteiger partial charge >= 0.3 is 0 Å². The number of halogens is 4. The van der Waals surface area contributed by atoms with Crippen molar-refractivity contribution in [3.8, 4) is 0 Å². The first-order chi connectivity index (χ1) is 9.99. The third-order valence-electron chi connectivity index (χ3n) is 3.16. The second-order valence-electron chi connectivity index (χ2n) is 4.77. The van der Waals surface area contributed by atoms with Crippen molar-refractivity contribution in [3.05, 3.63) is 70.8 Å². The summed E-state index contributed by atoms with van der Waals surface area (Å²) < 4.78 is 52.7. The smallest absolute Gasteiger partial charge is 0.159 e. The highest BCUT2D eigenvalue weighted by molar-refractivity contribution is 5.26. The van der Waals surface area contributed by atoms with E-state index in [2.05, 4.69) is 5.32 Å². The number of rotatable bonds is 5. The van der Waals surface area contributed by atoms with E-state index in [9.17, 15) is 17.6 Å². The van der Waals surface area contributed by atoms with E-state index in [1.807, 2.05) is 6.92 Å². The minimum atomic E-state index is -0.944. The van der Waals surface area contributed by atoms with Crippen molar-refractivity contribution in [2.75, 3.05) is 6.54 Å². The molecular formula is C16H15F4N. The van der Waals surface area contributed by atoms with Crippen molar-refractivity contribution in [3.63, 3.8) is 0 Å². The van der Waals surface area contributed by atoms with Crippen LogP contribution in [-0.4, -0.2) is 6.54 Å².